The van der Waals surface area contributed by atoms with E-state index in [1.54, 1.807) is 48.5 Å². The average Bonchev–Trinajstić information content (AvgIpc) is 2.66. The van der Waals surface area contributed by atoms with Crippen LogP contribution in [0.1, 0.15) is 42.3 Å². The van der Waals surface area contributed by atoms with Gasteiger partial charge in [-0.05, 0) is 49.2 Å². The Kier molecular flexibility index (Phi) is 7.00. The number of ether oxygens (including phenoxy) is 1. The van der Waals surface area contributed by atoms with Crippen LogP contribution in [-0.4, -0.2) is 34.9 Å². The summed E-state index contributed by atoms with van der Waals surface area (Å²) in [6, 6.07) is 12.6. The lowest BCUT2D eigenvalue weighted by molar-refractivity contribution is 0.0702. The fourth-order valence-corrected chi connectivity index (χ4v) is 2.43. The van der Waals surface area contributed by atoms with Gasteiger partial charge in [0, 0.05) is 11.3 Å². The molecule has 1 amide bonds. The zero-order chi connectivity index (χ0) is 19.1. The molecule has 3 atom stereocenters. The molecule has 0 aromatic heterocycles. The summed E-state index contributed by atoms with van der Waals surface area (Å²) in [6.07, 6.45) is -0.147. The Morgan fingerprint density at radius 3 is 2.54 bits per heavy atom. The number of aliphatic hydroxyl groups excluding tert-OH is 2. The molecule has 2 rings (SSSR count). The highest BCUT2D eigenvalue weighted by molar-refractivity contribution is 5.94. The Morgan fingerprint density at radius 2 is 1.92 bits per heavy atom. The van der Waals surface area contributed by atoms with Crippen LogP contribution in [0.4, 0.5) is 5.69 Å². The molecule has 0 radical (unpaired) electrons. The van der Waals surface area contributed by atoms with E-state index in [1.165, 1.54) is 0 Å². The molecule has 0 fully saturated rings. The largest absolute Gasteiger partial charge is 0.491 e. The number of anilines is 1. The van der Waals surface area contributed by atoms with Crippen LogP contribution in [0.2, 0.25) is 0 Å². The molecular weight excluding hydrogens is 332 g/mol. The van der Waals surface area contributed by atoms with E-state index in [2.05, 4.69) is 5.32 Å². The number of hydrogen-bond donors (Lipinski definition) is 4. The van der Waals surface area contributed by atoms with E-state index in [9.17, 15) is 15.0 Å². The molecule has 0 heterocycles. The number of carbonyl (C=O) groups excluding carboxylic acids is 1. The highest BCUT2D eigenvalue weighted by Crippen LogP contribution is 2.20. The van der Waals surface area contributed by atoms with Crippen molar-refractivity contribution in [1.82, 2.24) is 5.32 Å². The number of nitrogen functional groups attached to an aromatic ring is 1. The topological polar surface area (TPSA) is 105 Å². The number of amides is 1. The van der Waals surface area contributed by atoms with Gasteiger partial charge in [0.05, 0.1) is 18.8 Å². The van der Waals surface area contributed by atoms with Gasteiger partial charge in [-0.2, -0.15) is 0 Å². The average molecular weight is 358 g/mol. The Labute approximate surface area is 153 Å². The molecule has 0 bridgehead atoms. The van der Waals surface area contributed by atoms with Crippen LogP contribution in [0, 0.1) is 0 Å². The lowest BCUT2D eigenvalue weighted by atomic mass is 10.0. The van der Waals surface area contributed by atoms with Crippen molar-refractivity contribution >= 4 is 11.6 Å². The van der Waals surface area contributed by atoms with Crippen molar-refractivity contribution in [3.05, 3.63) is 59.7 Å². The van der Waals surface area contributed by atoms with E-state index >= 15 is 0 Å². The van der Waals surface area contributed by atoms with E-state index in [0.717, 1.165) is 6.42 Å². The maximum absolute atomic E-state index is 12.5. The Bertz CT molecular complexity index is 718. The first-order chi connectivity index (χ1) is 12.4. The minimum absolute atomic E-state index is 0.0471. The monoisotopic (exact) mass is 358 g/mol. The highest BCUT2D eigenvalue weighted by atomic mass is 16.5. The van der Waals surface area contributed by atoms with Gasteiger partial charge in [0.25, 0.3) is 5.91 Å². The van der Waals surface area contributed by atoms with Crippen molar-refractivity contribution in [2.24, 2.45) is 0 Å². The summed E-state index contributed by atoms with van der Waals surface area (Å²) in [5, 5.41) is 22.7. The SMILES string of the molecule is CCC(C)Oc1cccc(C(=O)NC(CO)C(O)c2ccc(N)cc2)c1. The molecular formula is C20H26N2O4. The summed E-state index contributed by atoms with van der Waals surface area (Å²) in [5.74, 6) is 0.208. The summed E-state index contributed by atoms with van der Waals surface area (Å²) >= 11 is 0. The molecule has 0 spiro atoms. The number of nitrogens with two attached hydrogens (primary N) is 1. The molecule has 26 heavy (non-hydrogen) atoms. The van der Waals surface area contributed by atoms with Crippen molar-refractivity contribution in [1.29, 1.82) is 0 Å². The van der Waals surface area contributed by atoms with Crippen LogP contribution < -0.4 is 15.8 Å². The smallest absolute Gasteiger partial charge is 0.251 e. The van der Waals surface area contributed by atoms with Crippen molar-refractivity contribution in [2.45, 2.75) is 38.5 Å². The van der Waals surface area contributed by atoms with Gasteiger partial charge in [-0.25, -0.2) is 0 Å². The summed E-state index contributed by atoms with van der Waals surface area (Å²) in [6.45, 7) is 3.57. The van der Waals surface area contributed by atoms with Crippen LogP contribution in [0.5, 0.6) is 5.75 Å². The van der Waals surface area contributed by atoms with Crippen LogP contribution in [-0.2, 0) is 0 Å². The Balaban J connectivity index is 2.08. The van der Waals surface area contributed by atoms with Gasteiger partial charge in [-0.3, -0.25) is 4.79 Å². The van der Waals surface area contributed by atoms with Crippen molar-refractivity contribution in [2.75, 3.05) is 12.3 Å². The summed E-state index contributed by atoms with van der Waals surface area (Å²) in [4.78, 5) is 12.5. The zero-order valence-electron chi connectivity index (χ0n) is 15.1. The normalized spacial score (nSPS) is 14.3. The predicted octanol–water partition coefficient (Wildman–Crippen LogP) is 2.27. The van der Waals surface area contributed by atoms with Gasteiger partial charge in [-0.15, -0.1) is 0 Å². The number of nitrogens with one attached hydrogen (secondary N) is 1. The summed E-state index contributed by atoms with van der Waals surface area (Å²) in [5.41, 5.74) is 7.17. The number of carbonyl (C=O) groups is 1. The lowest BCUT2D eigenvalue weighted by Gasteiger charge is -2.23. The quantitative estimate of drug-likeness (QED) is 0.542. The molecule has 0 saturated carbocycles. The van der Waals surface area contributed by atoms with Crippen molar-refractivity contribution in [3.8, 4) is 5.75 Å². The van der Waals surface area contributed by atoms with Gasteiger partial charge in [0.2, 0.25) is 0 Å². The van der Waals surface area contributed by atoms with E-state index < -0.39 is 24.7 Å². The summed E-state index contributed by atoms with van der Waals surface area (Å²) < 4.78 is 5.72. The second-order valence-corrected chi connectivity index (χ2v) is 6.24. The molecule has 2 aromatic carbocycles. The minimum Gasteiger partial charge on any atom is -0.491 e. The molecule has 6 heteroatoms. The molecule has 0 aliphatic heterocycles. The van der Waals surface area contributed by atoms with E-state index in [4.69, 9.17) is 10.5 Å². The van der Waals surface area contributed by atoms with Gasteiger partial charge in [0.1, 0.15) is 11.9 Å². The number of rotatable bonds is 8. The molecule has 3 unspecified atom stereocenters. The Hall–Kier alpha value is -2.57. The van der Waals surface area contributed by atoms with Crippen LogP contribution in [0.25, 0.3) is 0 Å². The number of benzene rings is 2. The second kappa shape index (κ2) is 9.22. The fraction of sp³-hybridized carbons (Fsp3) is 0.350. The molecule has 2 aromatic rings. The third kappa shape index (κ3) is 5.21. The molecule has 5 N–H and O–H groups in total. The molecule has 140 valence electrons. The van der Waals surface area contributed by atoms with Crippen LogP contribution in [0.3, 0.4) is 0 Å². The van der Waals surface area contributed by atoms with Crippen molar-refractivity contribution in [3.63, 3.8) is 0 Å². The standard InChI is InChI=1S/C20H26N2O4/c1-3-13(2)26-17-6-4-5-15(11-17)20(25)22-18(12-23)19(24)14-7-9-16(21)10-8-14/h4-11,13,18-19,23-24H,3,12,21H2,1-2H3,(H,22,25). The van der Waals surface area contributed by atoms with E-state index in [1.807, 2.05) is 13.8 Å². The lowest BCUT2D eigenvalue weighted by Crippen LogP contribution is -2.42. The second-order valence-electron chi connectivity index (χ2n) is 6.24. The molecule has 6 nitrogen and oxygen atoms in total. The molecule has 0 aliphatic rings. The van der Waals surface area contributed by atoms with Gasteiger partial charge < -0.3 is 26.0 Å². The zero-order valence-corrected chi connectivity index (χ0v) is 15.1. The van der Waals surface area contributed by atoms with Crippen LogP contribution in [0.15, 0.2) is 48.5 Å². The van der Waals surface area contributed by atoms with E-state index in [-0.39, 0.29) is 6.10 Å². The van der Waals surface area contributed by atoms with Gasteiger partial charge in [-0.1, -0.05) is 25.1 Å². The first kappa shape index (κ1) is 19.8. The minimum atomic E-state index is -1.05. The maximum Gasteiger partial charge on any atom is 0.251 e. The van der Waals surface area contributed by atoms with Crippen molar-refractivity contribution < 1.29 is 19.7 Å². The summed E-state index contributed by atoms with van der Waals surface area (Å²) in [7, 11) is 0. The first-order valence-electron chi connectivity index (χ1n) is 8.66. The maximum atomic E-state index is 12.5. The fourth-order valence-electron chi connectivity index (χ4n) is 2.43. The van der Waals surface area contributed by atoms with E-state index in [0.29, 0.717) is 22.6 Å². The number of aliphatic hydroxyl groups is 2. The van der Waals surface area contributed by atoms with Gasteiger partial charge in [0.15, 0.2) is 0 Å². The van der Waals surface area contributed by atoms with Crippen LogP contribution >= 0.6 is 0 Å². The predicted molar refractivity (Wildman–Crippen MR) is 101 cm³/mol. The third-order valence-electron chi connectivity index (χ3n) is 4.18. The highest BCUT2D eigenvalue weighted by Gasteiger charge is 2.23. The number of hydrogen-bond acceptors (Lipinski definition) is 5. The first-order valence-corrected chi connectivity index (χ1v) is 8.66. The van der Waals surface area contributed by atoms with Gasteiger partial charge >= 0.3 is 0 Å². The Morgan fingerprint density at radius 1 is 1.23 bits per heavy atom. The molecule has 0 aliphatic carbocycles. The molecule has 0 saturated heterocycles. The third-order valence-corrected chi connectivity index (χ3v) is 4.18.